The van der Waals surface area contributed by atoms with Crippen molar-refractivity contribution in [3.8, 4) is 23.1 Å². The van der Waals surface area contributed by atoms with Crippen LogP contribution in [0.5, 0.6) is 5.88 Å². The third-order valence-corrected chi connectivity index (χ3v) is 8.03. The molecule has 0 unspecified atom stereocenters. The summed E-state index contributed by atoms with van der Waals surface area (Å²) in [7, 11) is 0. The monoisotopic (exact) mass is 572 g/mol. The van der Waals surface area contributed by atoms with Gasteiger partial charge in [0.1, 0.15) is 22.5 Å². The second kappa shape index (κ2) is 9.85. The molecule has 5 rings (SSSR count). The number of hydrogen-bond donors (Lipinski definition) is 2. The van der Waals surface area contributed by atoms with Crippen molar-refractivity contribution in [2.24, 2.45) is 0 Å². The van der Waals surface area contributed by atoms with Crippen LogP contribution >= 0.6 is 34.7 Å². The summed E-state index contributed by atoms with van der Waals surface area (Å²) in [4.78, 5) is 21.3. The van der Waals surface area contributed by atoms with Crippen LogP contribution in [-0.4, -0.2) is 32.5 Å². The van der Waals surface area contributed by atoms with E-state index in [9.17, 15) is 15.2 Å². The van der Waals surface area contributed by atoms with Crippen molar-refractivity contribution < 1.29 is 23.8 Å². The largest absolute Gasteiger partial charge is 0.493 e. The molecule has 4 aromatic rings. The first-order valence-corrected chi connectivity index (χ1v) is 13.8. The Morgan fingerprint density at radius 2 is 2.05 bits per heavy atom. The van der Waals surface area contributed by atoms with Crippen LogP contribution < -0.4 is 5.32 Å². The number of nitriles is 1. The fourth-order valence-corrected chi connectivity index (χ4v) is 6.42. The van der Waals surface area contributed by atoms with Crippen LogP contribution in [0.2, 0.25) is 5.02 Å². The van der Waals surface area contributed by atoms with E-state index in [2.05, 4.69) is 21.4 Å². The maximum atomic E-state index is 15.1. The highest BCUT2D eigenvalue weighted by Gasteiger charge is 2.30. The number of amides is 1. The summed E-state index contributed by atoms with van der Waals surface area (Å²) in [5.41, 5.74) is 2.06. The second-order valence-electron chi connectivity index (χ2n) is 9.47. The van der Waals surface area contributed by atoms with E-state index in [4.69, 9.17) is 21.1 Å². The Labute approximate surface area is 230 Å². The molecule has 2 aromatic heterocycles. The first kappa shape index (κ1) is 26.4. The van der Waals surface area contributed by atoms with Crippen molar-refractivity contribution in [1.29, 1.82) is 5.26 Å². The fourth-order valence-electron chi connectivity index (χ4n) is 4.44. The lowest BCUT2D eigenvalue weighted by Gasteiger charge is -2.19. The van der Waals surface area contributed by atoms with Gasteiger partial charge in [-0.2, -0.15) is 10.2 Å². The second-order valence-corrected chi connectivity index (χ2v) is 12.1. The average molecular weight is 573 g/mol. The van der Waals surface area contributed by atoms with Crippen molar-refractivity contribution in [2.45, 2.75) is 51.7 Å². The van der Waals surface area contributed by atoms with Crippen LogP contribution in [0.3, 0.4) is 0 Å². The van der Waals surface area contributed by atoms with Gasteiger partial charge in [0, 0.05) is 10.9 Å². The van der Waals surface area contributed by atoms with Crippen molar-refractivity contribution in [3.63, 3.8) is 0 Å². The summed E-state index contributed by atoms with van der Waals surface area (Å²) < 4.78 is 26.3. The highest BCUT2D eigenvalue weighted by molar-refractivity contribution is 7.99. The molecule has 8 nitrogen and oxygen atoms in total. The zero-order valence-electron chi connectivity index (χ0n) is 20.9. The number of thioether (sulfide) groups is 1. The standard InChI is InChI=1S/C26H22ClFN4O4S2/c1-5-37-24-30-20-18(22(33)31-24)14-10-35-9-13(14)16(19(20)27)11-6-7-15(28)21-17(11)12(8-29)23(38-21)32-25(34)36-26(2,3)4/h6-7H,5,9-10H2,1-4H3,(H,32,34)(H,30,31,33). The quantitative estimate of drug-likeness (QED) is 0.192. The molecule has 2 N–H and O–H groups in total. The number of rotatable bonds is 4. The van der Waals surface area contributed by atoms with E-state index in [1.165, 1.54) is 17.8 Å². The van der Waals surface area contributed by atoms with E-state index < -0.39 is 17.5 Å². The summed E-state index contributed by atoms with van der Waals surface area (Å²) in [6.07, 6.45) is -0.756. The Balaban J connectivity index is 1.79. The van der Waals surface area contributed by atoms with Gasteiger partial charge < -0.3 is 14.6 Å². The van der Waals surface area contributed by atoms with Gasteiger partial charge in [-0.3, -0.25) is 5.32 Å². The smallest absolute Gasteiger partial charge is 0.412 e. The molecule has 0 radical (unpaired) electrons. The number of halogens is 2. The minimum atomic E-state index is -0.758. The van der Waals surface area contributed by atoms with Gasteiger partial charge in [-0.1, -0.05) is 36.4 Å². The summed E-state index contributed by atoms with van der Waals surface area (Å²) in [6.45, 7) is 7.50. The number of nitrogens with one attached hydrogen (secondary N) is 1. The topological polar surface area (TPSA) is 117 Å². The minimum absolute atomic E-state index is 0.0851. The van der Waals surface area contributed by atoms with Gasteiger partial charge in [-0.25, -0.2) is 14.2 Å². The highest BCUT2D eigenvalue weighted by Crippen LogP contribution is 2.49. The number of nitrogens with zero attached hydrogens (tertiary/aromatic N) is 3. The van der Waals surface area contributed by atoms with Gasteiger partial charge in [-0.15, -0.1) is 11.3 Å². The fraction of sp³-hybridized carbons (Fsp3) is 0.308. The number of aromatic nitrogens is 2. The molecule has 0 spiro atoms. The predicted molar refractivity (Wildman–Crippen MR) is 146 cm³/mol. The summed E-state index contributed by atoms with van der Waals surface area (Å²) in [6, 6.07) is 4.96. The van der Waals surface area contributed by atoms with Gasteiger partial charge in [0.25, 0.3) is 0 Å². The number of aromatic hydroxyl groups is 1. The van der Waals surface area contributed by atoms with Crippen LogP contribution in [0.4, 0.5) is 14.2 Å². The molecule has 0 atom stereocenters. The first-order chi connectivity index (χ1) is 18.0. The molecular formula is C26H22ClFN4O4S2. The molecular weight excluding hydrogens is 551 g/mol. The molecule has 196 valence electrons. The van der Waals surface area contributed by atoms with Crippen LogP contribution in [0, 0.1) is 17.1 Å². The molecule has 0 saturated carbocycles. The molecule has 3 heterocycles. The molecule has 38 heavy (non-hydrogen) atoms. The van der Waals surface area contributed by atoms with Crippen molar-refractivity contribution in [2.75, 3.05) is 11.1 Å². The van der Waals surface area contributed by atoms with E-state index in [1.807, 2.05) is 6.92 Å². The SMILES string of the molecule is CCSc1nc(O)c2c3c(c(-c4ccc(F)c5sc(NC(=O)OC(C)(C)C)c(C#N)c45)c(Cl)c2n1)COC3. The Kier molecular flexibility index (Phi) is 6.86. The highest BCUT2D eigenvalue weighted by atomic mass is 35.5. The zero-order chi connectivity index (χ0) is 27.4. The Morgan fingerprint density at radius 3 is 2.74 bits per heavy atom. The molecule has 0 fully saturated rings. The van der Waals surface area contributed by atoms with E-state index in [1.54, 1.807) is 26.8 Å². The number of fused-ring (bicyclic) bond motifs is 4. The van der Waals surface area contributed by atoms with Gasteiger partial charge in [-0.05, 0) is 49.3 Å². The number of benzene rings is 2. The maximum absolute atomic E-state index is 15.1. The van der Waals surface area contributed by atoms with Crippen molar-refractivity contribution >= 4 is 66.8 Å². The molecule has 0 saturated heterocycles. The molecule has 1 aliphatic heterocycles. The van der Waals surface area contributed by atoms with Crippen LogP contribution in [-0.2, 0) is 22.7 Å². The zero-order valence-corrected chi connectivity index (χ0v) is 23.3. The average Bonchev–Trinajstić information content (AvgIpc) is 3.44. The van der Waals surface area contributed by atoms with Crippen LogP contribution in [0.15, 0.2) is 17.3 Å². The number of carbonyl (C=O) groups excluding carboxylic acids is 1. The Morgan fingerprint density at radius 1 is 1.32 bits per heavy atom. The molecule has 12 heteroatoms. The minimum Gasteiger partial charge on any atom is -0.493 e. The van der Waals surface area contributed by atoms with Crippen molar-refractivity contribution in [1.82, 2.24) is 9.97 Å². The molecule has 1 aliphatic rings. The summed E-state index contributed by atoms with van der Waals surface area (Å²) >= 11 is 9.27. The number of hydrogen-bond acceptors (Lipinski definition) is 9. The lowest BCUT2D eigenvalue weighted by Crippen LogP contribution is -2.27. The maximum Gasteiger partial charge on any atom is 0.412 e. The summed E-state index contributed by atoms with van der Waals surface area (Å²) in [5, 5.41) is 24.9. The Bertz CT molecular complexity index is 1680. The van der Waals surface area contributed by atoms with E-state index in [0.29, 0.717) is 49.5 Å². The molecule has 2 aromatic carbocycles. The van der Waals surface area contributed by atoms with E-state index >= 15 is 4.39 Å². The molecule has 0 aliphatic carbocycles. The third-order valence-electron chi connectivity index (χ3n) is 5.82. The van der Waals surface area contributed by atoms with Crippen LogP contribution in [0.1, 0.15) is 44.4 Å². The number of carbonyl (C=O) groups is 1. The normalized spacial score (nSPS) is 13.1. The predicted octanol–water partition coefficient (Wildman–Crippen LogP) is 7.37. The lowest BCUT2D eigenvalue weighted by atomic mass is 9.91. The van der Waals surface area contributed by atoms with Gasteiger partial charge in [0.15, 0.2) is 5.16 Å². The number of anilines is 1. The van der Waals surface area contributed by atoms with Gasteiger partial charge in [0.2, 0.25) is 5.88 Å². The van der Waals surface area contributed by atoms with E-state index in [0.717, 1.165) is 11.3 Å². The molecule has 0 bridgehead atoms. The van der Waals surface area contributed by atoms with Gasteiger partial charge in [0.05, 0.1) is 39.4 Å². The van der Waals surface area contributed by atoms with Gasteiger partial charge >= 0.3 is 6.09 Å². The first-order valence-electron chi connectivity index (χ1n) is 11.6. The third kappa shape index (κ3) is 4.52. The van der Waals surface area contributed by atoms with E-state index in [-0.39, 0.29) is 39.4 Å². The number of thiophene rings is 1. The molecule has 1 amide bonds. The lowest BCUT2D eigenvalue weighted by molar-refractivity contribution is 0.0636. The summed E-state index contributed by atoms with van der Waals surface area (Å²) in [5.74, 6) is -0.0491. The van der Waals surface area contributed by atoms with Crippen molar-refractivity contribution in [3.05, 3.63) is 39.7 Å². The van der Waals surface area contributed by atoms with Crippen LogP contribution in [0.25, 0.3) is 32.1 Å². The Hall–Kier alpha value is -3.17. The number of ether oxygens (including phenoxy) is 2.